The van der Waals surface area contributed by atoms with Crippen molar-refractivity contribution in [2.24, 2.45) is 5.92 Å². The van der Waals surface area contributed by atoms with Crippen LogP contribution in [0.2, 0.25) is 0 Å². The Morgan fingerprint density at radius 3 is 2.82 bits per heavy atom. The molecule has 0 aliphatic heterocycles. The Kier molecular flexibility index (Phi) is 5.54. The smallest absolute Gasteiger partial charge is 0.360 e. The lowest BCUT2D eigenvalue weighted by atomic mass is 9.86. The first-order chi connectivity index (χ1) is 10.5. The van der Waals surface area contributed by atoms with Crippen molar-refractivity contribution < 1.29 is 27.2 Å². The summed E-state index contributed by atoms with van der Waals surface area (Å²) in [5.41, 5.74) is -0.185. The average Bonchev–Trinajstić information content (AvgIpc) is 3.03. The maximum Gasteiger partial charge on any atom is 0.360 e. The maximum atomic E-state index is 12.2. The molecule has 22 heavy (non-hydrogen) atoms. The van der Waals surface area contributed by atoms with Gasteiger partial charge in [-0.25, -0.2) is 17.9 Å². The molecule has 0 unspecified atom stereocenters. The van der Waals surface area contributed by atoms with Crippen LogP contribution in [0.4, 0.5) is 0 Å². The SMILES string of the molecule is COC(=O)c1cc(S(=O)(=O)NC[C@@H]2CCCC[C@H]2OC)on1. The second-order valence-electron chi connectivity index (χ2n) is 5.19. The number of hydrogen-bond donors (Lipinski definition) is 1. The van der Waals surface area contributed by atoms with Gasteiger partial charge in [-0.1, -0.05) is 18.0 Å². The number of hydrogen-bond acceptors (Lipinski definition) is 7. The van der Waals surface area contributed by atoms with E-state index in [-0.39, 0.29) is 24.3 Å². The first kappa shape index (κ1) is 16.9. The van der Waals surface area contributed by atoms with Gasteiger partial charge in [-0.3, -0.25) is 0 Å². The molecule has 1 heterocycles. The van der Waals surface area contributed by atoms with Crippen molar-refractivity contribution in [1.82, 2.24) is 9.88 Å². The topological polar surface area (TPSA) is 108 Å². The van der Waals surface area contributed by atoms with Gasteiger partial charge in [0.15, 0.2) is 5.69 Å². The van der Waals surface area contributed by atoms with Crippen molar-refractivity contribution in [2.45, 2.75) is 36.9 Å². The van der Waals surface area contributed by atoms with Gasteiger partial charge in [-0.15, -0.1) is 0 Å². The van der Waals surface area contributed by atoms with Crippen molar-refractivity contribution in [3.05, 3.63) is 11.8 Å². The Bertz CT molecular complexity index is 612. The van der Waals surface area contributed by atoms with E-state index in [1.165, 1.54) is 7.11 Å². The number of nitrogens with one attached hydrogen (secondary N) is 1. The quantitative estimate of drug-likeness (QED) is 0.772. The van der Waals surface area contributed by atoms with Gasteiger partial charge in [0.1, 0.15) is 0 Å². The predicted octanol–water partition coefficient (Wildman–Crippen LogP) is 0.945. The van der Waals surface area contributed by atoms with E-state index in [1.807, 2.05) is 0 Å². The predicted molar refractivity (Wildman–Crippen MR) is 75.8 cm³/mol. The molecule has 1 aromatic rings. The third kappa shape index (κ3) is 3.84. The van der Waals surface area contributed by atoms with Crippen molar-refractivity contribution in [3.8, 4) is 0 Å². The lowest BCUT2D eigenvalue weighted by molar-refractivity contribution is 0.0259. The molecular formula is C13H20N2O6S. The Labute approximate surface area is 129 Å². The van der Waals surface area contributed by atoms with Crippen LogP contribution in [0.15, 0.2) is 15.7 Å². The van der Waals surface area contributed by atoms with Crippen molar-refractivity contribution in [3.63, 3.8) is 0 Å². The molecule has 0 spiro atoms. The van der Waals surface area contributed by atoms with E-state index in [0.717, 1.165) is 31.7 Å². The Morgan fingerprint density at radius 2 is 2.14 bits per heavy atom. The molecule has 1 aromatic heterocycles. The Morgan fingerprint density at radius 1 is 1.41 bits per heavy atom. The van der Waals surface area contributed by atoms with Gasteiger partial charge >= 0.3 is 5.97 Å². The van der Waals surface area contributed by atoms with Crippen LogP contribution in [-0.4, -0.2) is 46.4 Å². The van der Waals surface area contributed by atoms with E-state index in [4.69, 9.17) is 9.26 Å². The summed E-state index contributed by atoms with van der Waals surface area (Å²) in [7, 11) is -1.04. The van der Waals surface area contributed by atoms with Gasteiger partial charge in [0.05, 0.1) is 13.2 Å². The lowest BCUT2D eigenvalue weighted by Crippen LogP contribution is -2.37. The highest BCUT2D eigenvalue weighted by molar-refractivity contribution is 7.89. The number of nitrogens with zero attached hydrogens (tertiary/aromatic N) is 1. The summed E-state index contributed by atoms with van der Waals surface area (Å²) in [6.07, 6.45) is 4.03. The van der Waals surface area contributed by atoms with Gasteiger partial charge in [0.2, 0.25) is 0 Å². The van der Waals surface area contributed by atoms with E-state index >= 15 is 0 Å². The lowest BCUT2D eigenvalue weighted by Gasteiger charge is -2.30. The zero-order valence-corrected chi connectivity index (χ0v) is 13.4. The van der Waals surface area contributed by atoms with Crippen LogP contribution in [0.1, 0.15) is 36.2 Å². The molecule has 9 heteroatoms. The van der Waals surface area contributed by atoms with Crippen LogP contribution in [0, 0.1) is 5.92 Å². The molecule has 0 aromatic carbocycles. The van der Waals surface area contributed by atoms with E-state index in [9.17, 15) is 13.2 Å². The maximum absolute atomic E-state index is 12.2. The molecule has 2 rings (SSSR count). The minimum atomic E-state index is -3.85. The average molecular weight is 332 g/mol. The third-order valence-corrected chi connectivity index (χ3v) is 5.09. The fraction of sp³-hybridized carbons (Fsp3) is 0.692. The zero-order chi connectivity index (χ0) is 16.2. The summed E-state index contributed by atoms with van der Waals surface area (Å²) >= 11 is 0. The summed E-state index contributed by atoms with van der Waals surface area (Å²) < 4.78 is 41.4. The molecule has 1 N–H and O–H groups in total. The van der Waals surface area contributed by atoms with Gasteiger partial charge < -0.3 is 14.0 Å². The second-order valence-corrected chi connectivity index (χ2v) is 6.89. The van der Waals surface area contributed by atoms with E-state index in [2.05, 4.69) is 14.6 Å². The molecule has 0 saturated heterocycles. The molecule has 1 aliphatic carbocycles. The minimum absolute atomic E-state index is 0.0526. The molecule has 1 aliphatic rings. The molecular weight excluding hydrogens is 312 g/mol. The number of esters is 1. The fourth-order valence-corrected chi connectivity index (χ4v) is 3.57. The van der Waals surface area contributed by atoms with Crippen LogP contribution >= 0.6 is 0 Å². The zero-order valence-electron chi connectivity index (χ0n) is 12.6. The highest BCUT2D eigenvalue weighted by Crippen LogP contribution is 2.26. The monoisotopic (exact) mass is 332 g/mol. The number of aromatic nitrogens is 1. The molecule has 8 nitrogen and oxygen atoms in total. The Hall–Kier alpha value is -1.45. The summed E-state index contributed by atoms with van der Waals surface area (Å²) in [5.74, 6) is -0.631. The molecule has 1 saturated carbocycles. The minimum Gasteiger partial charge on any atom is -0.464 e. The summed E-state index contributed by atoms with van der Waals surface area (Å²) in [6, 6.07) is 1.04. The van der Waals surface area contributed by atoms with Crippen LogP contribution in [-0.2, 0) is 19.5 Å². The summed E-state index contributed by atoms with van der Waals surface area (Å²) in [4.78, 5) is 11.3. The molecule has 0 amide bonds. The first-order valence-electron chi connectivity index (χ1n) is 7.05. The molecule has 2 atom stereocenters. The first-order valence-corrected chi connectivity index (χ1v) is 8.53. The van der Waals surface area contributed by atoms with Gasteiger partial charge in [0, 0.05) is 19.7 Å². The van der Waals surface area contributed by atoms with Crippen molar-refractivity contribution in [1.29, 1.82) is 0 Å². The van der Waals surface area contributed by atoms with Crippen molar-refractivity contribution in [2.75, 3.05) is 20.8 Å². The van der Waals surface area contributed by atoms with E-state index < -0.39 is 21.1 Å². The number of carbonyl (C=O) groups is 1. The normalized spacial score (nSPS) is 22.5. The van der Waals surface area contributed by atoms with Crippen LogP contribution < -0.4 is 4.72 Å². The van der Waals surface area contributed by atoms with Gasteiger partial charge in [-0.05, 0) is 18.8 Å². The number of rotatable bonds is 6. The van der Waals surface area contributed by atoms with Crippen LogP contribution in [0.25, 0.3) is 0 Å². The highest BCUT2D eigenvalue weighted by atomic mass is 32.2. The van der Waals surface area contributed by atoms with Crippen LogP contribution in [0.5, 0.6) is 0 Å². The molecule has 0 bridgehead atoms. The summed E-state index contributed by atoms with van der Waals surface area (Å²) in [5, 5.41) is 2.98. The number of ether oxygens (including phenoxy) is 2. The van der Waals surface area contributed by atoms with Gasteiger partial charge in [0.25, 0.3) is 15.1 Å². The van der Waals surface area contributed by atoms with Crippen molar-refractivity contribution >= 4 is 16.0 Å². The highest BCUT2D eigenvalue weighted by Gasteiger charge is 2.28. The molecule has 124 valence electrons. The largest absolute Gasteiger partial charge is 0.464 e. The fourth-order valence-electron chi connectivity index (χ4n) is 2.59. The molecule has 1 fully saturated rings. The number of methoxy groups -OCH3 is 2. The van der Waals surface area contributed by atoms with E-state index in [1.54, 1.807) is 7.11 Å². The Balaban J connectivity index is 2.01. The number of carbonyl (C=O) groups excluding carboxylic acids is 1. The summed E-state index contributed by atoms with van der Waals surface area (Å²) in [6.45, 7) is 0.259. The van der Waals surface area contributed by atoms with E-state index in [0.29, 0.717) is 0 Å². The van der Waals surface area contributed by atoms with Gasteiger partial charge in [-0.2, -0.15) is 0 Å². The standard InChI is InChI=1S/C13H20N2O6S/c1-19-11-6-4-3-5-9(11)8-14-22(17,18)12-7-10(15-21-12)13(16)20-2/h7,9,11,14H,3-6,8H2,1-2H3/t9-,11+/m0/s1. The van der Waals surface area contributed by atoms with Crippen LogP contribution in [0.3, 0.4) is 0 Å². The number of sulfonamides is 1. The second kappa shape index (κ2) is 7.21. The third-order valence-electron chi connectivity index (χ3n) is 3.83. The molecule has 0 radical (unpaired) electrons.